The number of aryl methyl sites for hydroxylation is 2. The number of hydrogen-bond acceptors (Lipinski definition) is 1. The summed E-state index contributed by atoms with van der Waals surface area (Å²) in [6, 6.07) is 10.2. The first kappa shape index (κ1) is 20.4. The molecule has 22 heavy (non-hydrogen) atoms. The zero-order chi connectivity index (χ0) is 17.1. The Hall–Kier alpha value is -1.59. The molecule has 0 unspecified atom stereocenters. The predicted octanol–water partition coefficient (Wildman–Crippen LogP) is 6.28. The molecular weight excluding hydrogens is 334 g/mol. The molecule has 0 aliphatic rings. The molecule has 2 aromatic rings. The van der Waals surface area contributed by atoms with E-state index >= 15 is 0 Å². The fraction of sp³-hybridized carbons (Fsp3) is 0.350. The fourth-order valence-electron chi connectivity index (χ4n) is 1.84. The number of aromatic nitrogens is 1. The number of hydrogen-bond donors (Lipinski definition) is 0. The maximum atomic E-state index is 5.11. The number of rotatable bonds is 1. The number of pyridine rings is 1. The van der Waals surface area contributed by atoms with Crippen molar-refractivity contribution in [1.82, 2.24) is 4.98 Å². The molecule has 0 radical (unpaired) electrons. The third-order valence-corrected chi connectivity index (χ3v) is 3.43. The summed E-state index contributed by atoms with van der Waals surface area (Å²) in [5.74, 6) is 3.12. The van der Waals surface area contributed by atoms with Crippen molar-refractivity contribution in [1.29, 1.82) is 0 Å². The lowest BCUT2D eigenvalue weighted by molar-refractivity contribution is 0.856. The van der Waals surface area contributed by atoms with Crippen molar-refractivity contribution in [3.63, 3.8) is 0 Å². The molecule has 0 amide bonds. The Morgan fingerprint density at radius 2 is 1.73 bits per heavy atom. The summed E-state index contributed by atoms with van der Waals surface area (Å²) in [5.41, 5.74) is 4.64. The van der Waals surface area contributed by atoms with E-state index in [-0.39, 0.29) is 0 Å². The van der Waals surface area contributed by atoms with Crippen LogP contribution in [0, 0.1) is 26.2 Å². The van der Waals surface area contributed by atoms with Crippen LogP contribution in [0.5, 0.6) is 0 Å². The monoisotopic (exact) mass is 359 g/mol. The van der Waals surface area contributed by atoms with Crippen molar-refractivity contribution >= 4 is 15.9 Å². The molecule has 0 atom stereocenters. The average Bonchev–Trinajstić information content (AvgIpc) is 2.50. The normalized spacial score (nSPS) is 9.05. The van der Waals surface area contributed by atoms with E-state index in [0.29, 0.717) is 5.92 Å². The molecule has 2 rings (SSSR count). The van der Waals surface area contributed by atoms with Crippen LogP contribution >= 0.6 is 15.9 Å². The molecule has 0 aliphatic heterocycles. The SMILES string of the molecule is C#Cc1ccc(C)nc1.CC.Cc1cc(Br)ccc1C(C)C. The van der Waals surface area contributed by atoms with Crippen molar-refractivity contribution in [3.05, 3.63) is 63.4 Å². The van der Waals surface area contributed by atoms with Gasteiger partial charge in [0.1, 0.15) is 0 Å². The van der Waals surface area contributed by atoms with Gasteiger partial charge in [0, 0.05) is 21.9 Å². The van der Waals surface area contributed by atoms with Crippen molar-refractivity contribution in [2.45, 2.75) is 47.5 Å². The van der Waals surface area contributed by atoms with Crippen LogP contribution in [0.25, 0.3) is 0 Å². The van der Waals surface area contributed by atoms with E-state index in [1.165, 1.54) is 15.6 Å². The highest BCUT2D eigenvalue weighted by atomic mass is 79.9. The first-order chi connectivity index (χ1) is 10.4. The molecule has 0 bridgehead atoms. The van der Waals surface area contributed by atoms with Gasteiger partial charge in [-0.05, 0) is 55.2 Å². The van der Waals surface area contributed by atoms with Crippen LogP contribution in [0.15, 0.2) is 41.0 Å². The molecule has 1 aromatic heterocycles. The Labute approximate surface area is 144 Å². The Balaban J connectivity index is 0.000000366. The van der Waals surface area contributed by atoms with Gasteiger partial charge in [-0.25, -0.2) is 0 Å². The molecular formula is C20H26BrN. The van der Waals surface area contributed by atoms with E-state index in [1.54, 1.807) is 6.20 Å². The van der Waals surface area contributed by atoms with E-state index in [9.17, 15) is 0 Å². The number of benzene rings is 1. The van der Waals surface area contributed by atoms with Gasteiger partial charge < -0.3 is 0 Å². The molecule has 1 nitrogen and oxygen atoms in total. The minimum atomic E-state index is 0.628. The second-order valence-electron chi connectivity index (χ2n) is 4.99. The van der Waals surface area contributed by atoms with Crippen LogP contribution in [0.3, 0.4) is 0 Å². The second kappa shape index (κ2) is 11.0. The summed E-state index contributed by atoms with van der Waals surface area (Å²) < 4.78 is 1.17. The van der Waals surface area contributed by atoms with Gasteiger partial charge in [0.2, 0.25) is 0 Å². The van der Waals surface area contributed by atoms with Gasteiger partial charge in [-0.15, -0.1) is 6.42 Å². The van der Waals surface area contributed by atoms with E-state index in [4.69, 9.17) is 6.42 Å². The molecule has 0 fully saturated rings. The highest BCUT2D eigenvalue weighted by Crippen LogP contribution is 2.22. The van der Waals surface area contributed by atoms with Crippen LogP contribution in [-0.4, -0.2) is 4.98 Å². The number of terminal acetylenes is 1. The van der Waals surface area contributed by atoms with Gasteiger partial charge in [-0.2, -0.15) is 0 Å². The zero-order valence-corrected chi connectivity index (χ0v) is 16.0. The van der Waals surface area contributed by atoms with Crippen LogP contribution in [-0.2, 0) is 0 Å². The Kier molecular flexibility index (Phi) is 10.2. The van der Waals surface area contributed by atoms with E-state index in [1.807, 2.05) is 32.9 Å². The second-order valence-corrected chi connectivity index (χ2v) is 5.90. The lowest BCUT2D eigenvalue weighted by atomic mass is 9.99. The molecule has 118 valence electrons. The van der Waals surface area contributed by atoms with Crippen LogP contribution < -0.4 is 0 Å². The summed E-state index contributed by atoms with van der Waals surface area (Å²) in [6.45, 7) is 12.5. The highest BCUT2D eigenvalue weighted by Gasteiger charge is 2.01. The summed E-state index contributed by atoms with van der Waals surface area (Å²) in [5, 5.41) is 0. The quantitative estimate of drug-likeness (QED) is 0.546. The van der Waals surface area contributed by atoms with Gasteiger partial charge >= 0.3 is 0 Å². The standard InChI is InChI=1S/C10H13Br.C8H7N.C2H6/c1-7(2)10-5-4-9(11)6-8(10)3;1-3-8-5-4-7(2)9-6-8;1-2/h4-7H,1-3H3;1,4-6H,2H3;1-2H3. The molecule has 0 spiro atoms. The van der Waals surface area contributed by atoms with Gasteiger partial charge in [0.05, 0.1) is 0 Å². The maximum absolute atomic E-state index is 5.11. The predicted molar refractivity (Wildman–Crippen MR) is 101 cm³/mol. The fourth-order valence-corrected chi connectivity index (χ4v) is 2.32. The Bertz CT molecular complexity index is 592. The van der Waals surface area contributed by atoms with Gasteiger partial charge in [0.15, 0.2) is 0 Å². The zero-order valence-electron chi connectivity index (χ0n) is 14.4. The molecule has 0 N–H and O–H groups in total. The van der Waals surface area contributed by atoms with Gasteiger partial charge in [0.25, 0.3) is 0 Å². The minimum absolute atomic E-state index is 0.628. The molecule has 0 saturated heterocycles. The Morgan fingerprint density at radius 1 is 1.09 bits per heavy atom. The first-order valence-corrected chi connectivity index (χ1v) is 8.38. The minimum Gasteiger partial charge on any atom is -0.260 e. The van der Waals surface area contributed by atoms with Gasteiger partial charge in [-0.1, -0.05) is 55.6 Å². The highest BCUT2D eigenvalue weighted by molar-refractivity contribution is 9.10. The van der Waals surface area contributed by atoms with Crippen molar-refractivity contribution in [2.24, 2.45) is 0 Å². The lowest BCUT2D eigenvalue weighted by Gasteiger charge is -2.08. The molecule has 2 heteroatoms. The number of nitrogens with zero attached hydrogens (tertiary/aromatic N) is 1. The van der Waals surface area contributed by atoms with E-state index in [0.717, 1.165) is 11.3 Å². The Morgan fingerprint density at radius 3 is 2.14 bits per heavy atom. The summed E-state index contributed by atoms with van der Waals surface area (Å²) in [7, 11) is 0. The largest absolute Gasteiger partial charge is 0.260 e. The van der Waals surface area contributed by atoms with Crippen LogP contribution in [0.1, 0.15) is 56.0 Å². The maximum Gasteiger partial charge on any atom is 0.0427 e. The van der Waals surface area contributed by atoms with Crippen LogP contribution in [0.2, 0.25) is 0 Å². The third kappa shape index (κ3) is 7.43. The van der Waals surface area contributed by atoms with Crippen LogP contribution in [0.4, 0.5) is 0 Å². The van der Waals surface area contributed by atoms with Crippen molar-refractivity contribution in [3.8, 4) is 12.3 Å². The lowest BCUT2D eigenvalue weighted by Crippen LogP contribution is -1.90. The molecule has 1 heterocycles. The summed E-state index contributed by atoms with van der Waals surface area (Å²) in [6.07, 6.45) is 6.80. The first-order valence-electron chi connectivity index (χ1n) is 7.59. The van der Waals surface area contributed by atoms with E-state index in [2.05, 4.69) is 65.8 Å². The van der Waals surface area contributed by atoms with Crippen molar-refractivity contribution < 1.29 is 0 Å². The smallest absolute Gasteiger partial charge is 0.0427 e. The van der Waals surface area contributed by atoms with Crippen molar-refractivity contribution in [2.75, 3.05) is 0 Å². The summed E-state index contributed by atoms with van der Waals surface area (Å²) >= 11 is 3.45. The number of halogens is 1. The third-order valence-electron chi connectivity index (χ3n) is 2.93. The molecule has 1 aromatic carbocycles. The van der Waals surface area contributed by atoms with E-state index < -0.39 is 0 Å². The molecule has 0 aliphatic carbocycles. The topological polar surface area (TPSA) is 12.9 Å². The van der Waals surface area contributed by atoms with Gasteiger partial charge in [-0.3, -0.25) is 4.98 Å². The summed E-state index contributed by atoms with van der Waals surface area (Å²) in [4.78, 5) is 4.01. The molecule has 0 saturated carbocycles. The average molecular weight is 360 g/mol.